The van der Waals surface area contributed by atoms with Crippen LogP contribution in [-0.4, -0.2) is 36.6 Å². The first kappa shape index (κ1) is 25.4. The summed E-state index contributed by atoms with van der Waals surface area (Å²) in [7, 11) is 0. The molecule has 1 amide bonds. The lowest BCUT2D eigenvalue weighted by Gasteiger charge is -2.38. The predicted molar refractivity (Wildman–Crippen MR) is 150 cm³/mol. The molecule has 2 aliphatic heterocycles. The molecular formula is C33H34N2O4. The van der Waals surface area contributed by atoms with Gasteiger partial charge in [0, 0.05) is 26.2 Å². The van der Waals surface area contributed by atoms with Gasteiger partial charge in [-0.3, -0.25) is 9.69 Å². The minimum absolute atomic E-state index is 0.0963. The van der Waals surface area contributed by atoms with E-state index in [1.54, 1.807) is 12.1 Å². The molecule has 1 saturated heterocycles. The van der Waals surface area contributed by atoms with Crippen molar-refractivity contribution in [2.75, 3.05) is 19.7 Å². The molecule has 2 aliphatic rings. The third kappa shape index (κ3) is 6.08. The van der Waals surface area contributed by atoms with Crippen molar-refractivity contribution in [2.45, 2.75) is 44.6 Å². The highest BCUT2D eigenvalue weighted by molar-refractivity contribution is 5.91. The van der Waals surface area contributed by atoms with Crippen LogP contribution in [0.4, 0.5) is 0 Å². The van der Waals surface area contributed by atoms with E-state index in [0.29, 0.717) is 12.3 Å². The first-order chi connectivity index (χ1) is 19.2. The number of ether oxygens (including phenoxy) is 2. The second-order valence-electron chi connectivity index (χ2n) is 10.3. The van der Waals surface area contributed by atoms with Crippen molar-refractivity contribution in [3.8, 4) is 5.75 Å². The fourth-order valence-electron chi connectivity index (χ4n) is 5.58. The number of fused-ring (bicyclic) bond motifs is 1. The summed E-state index contributed by atoms with van der Waals surface area (Å²) in [6.07, 6.45) is 3.11. The fourth-order valence-corrected chi connectivity index (χ4v) is 5.58. The second kappa shape index (κ2) is 11.9. The number of hydrogen-bond acceptors (Lipinski definition) is 5. The lowest BCUT2D eigenvalue weighted by atomic mass is 9.87. The van der Waals surface area contributed by atoms with Crippen LogP contribution in [0.3, 0.4) is 0 Å². The van der Waals surface area contributed by atoms with E-state index in [1.165, 1.54) is 22.3 Å². The number of benzene rings is 3. The highest BCUT2D eigenvalue weighted by atomic mass is 16.5. The number of furan rings is 1. The molecule has 3 aromatic carbocycles. The standard InChI is InChI=1S/C33H34N2O4/c36-33(34-21-28-12-7-19-37-28)31-16-15-29(39-31)23-38-27-14-13-25-17-18-35(22-24-8-3-1-4-9-24)32(30(25)20-27)26-10-5-2-6-11-26/h1-6,8-11,13-16,20,28,32H,7,12,17-19,21-23H2,(H,34,36)/t28-,32+/m1/s1. The van der Waals surface area contributed by atoms with Crippen molar-refractivity contribution in [2.24, 2.45) is 0 Å². The Morgan fingerprint density at radius 3 is 2.59 bits per heavy atom. The van der Waals surface area contributed by atoms with Crippen molar-refractivity contribution in [3.05, 3.63) is 125 Å². The zero-order valence-electron chi connectivity index (χ0n) is 22.1. The topological polar surface area (TPSA) is 63.9 Å². The van der Waals surface area contributed by atoms with Crippen LogP contribution in [0.5, 0.6) is 5.75 Å². The van der Waals surface area contributed by atoms with Gasteiger partial charge in [-0.25, -0.2) is 0 Å². The molecule has 1 aromatic heterocycles. The minimum Gasteiger partial charge on any atom is -0.486 e. The maximum atomic E-state index is 12.5. The van der Waals surface area contributed by atoms with Gasteiger partial charge in [0.2, 0.25) is 0 Å². The lowest BCUT2D eigenvalue weighted by molar-refractivity contribution is 0.0832. The monoisotopic (exact) mass is 522 g/mol. The first-order valence-corrected chi connectivity index (χ1v) is 13.8. The first-order valence-electron chi connectivity index (χ1n) is 13.8. The van der Waals surface area contributed by atoms with E-state index in [9.17, 15) is 4.79 Å². The maximum absolute atomic E-state index is 12.5. The molecule has 39 heavy (non-hydrogen) atoms. The summed E-state index contributed by atoms with van der Waals surface area (Å²) in [6, 6.07) is 31.4. The van der Waals surface area contributed by atoms with Crippen molar-refractivity contribution < 1.29 is 18.7 Å². The van der Waals surface area contributed by atoms with E-state index in [-0.39, 0.29) is 30.4 Å². The molecule has 0 radical (unpaired) electrons. The van der Waals surface area contributed by atoms with E-state index in [4.69, 9.17) is 13.9 Å². The number of carbonyl (C=O) groups excluding carboxylic acids is 1. The van der Waals surface area contributed by atoms with Gasteiger partial charge in [0.05, 0.1) is 12.1 Å². The number of amides is 1. The van der Waals surface area contributed by atoms with Gasteiger partial charge >= 0.3 is 0 Å². The Balaban J connectivity index is 1.16. The third-order valence-corrected chi connectivity index (χ3v) is 7.57. The van der Waals surface area contributed by atoms with Crippen LogP contribution in [-0.2, 0) is 24.3 Å². The van der Waals surface area contributed by atoms with Crippen LogP contribution in [0.15, 0.2) is 95.4 Å². The number of hydrogen-bond donors (Lipinski definition) is 1. The molecule has 200 valence electrons. The Kier molecular flexibility index (Phi) is 7.75. The molecule has 3 heterocycles. The molecule has 6 nitrogen and oxygen atoms in total. The summed E-state index contributed by atoms with van der Waals surface area (Å²) in [5.74, 6) is 1.46. The Hall–Kier alpha value is -3.87. The van der Waals surface area contributed by atoms with E-state index < -0.39 is 0 Å². The summed E-state index contributed by atoms with van der Waals surface area (Å²) in [5, 5.41) is 2.90. The summed E-state index contributed by atoms with van der Waals surface area (Å²) >= 11 is 0. The predicted octanol–water partition coefficient (Wildman–Crippen LogP) is 5.92. The molecule has 1 N–H and O–H groups in total. The van der Waals surface area contributed by atoms with Crippen molar-refractivity contribution >= 4 is 5.91 Å². The van der Waals surface area contributed by atoms with Crippen LogP contribution in [0.2, 0.25) is 0 Å². The lowest BCUT2D eigenvalue weighted by Crippen LogP contribution is -2.35. The van der Waals surface area contributed by atoms with Gasteiger partial charge in [0.25, 0.3) is 5.91 Å². The Morgan fingerprint density at radius 1 is 0.974 bits per heavy atom. The second-order valence-corrected chi connectivity index (χ2v) is 10.3. The van der Waals surface area contributed by atoms with Crippen LogP contribution >= 0.6 is 0 Å². The third-order valence-electron chi connectivity index (χ3n) is 7.57. The van der Waals surface area contributed by atoms with Crippen LogP contribution < -0.4 is 10.1 Å². The highest BCUT2D eigenvalue weighted by Crippen LogP contribution is 2.38. The fraction of sp³-hybridized carbons (Fsp3) is 0.303. The highest BCUT2D eigenvalue weighted by Gasteiger charge is 2.29. The average Bonchev–Trinajstić information content (AvgIpc) is 3.68. The van der Waals surface area contributed by atoms with Gasteiger partial charge in [-0.15, -0.1) is 0 Å². The van der Waals surface area contributed by atoms with Crippen LogP contribution in [0.25, 0.3) is 0 Å². The Bertz CT molecular complexity index is 1380. The molecule has 0 bridgehead atoms. The largest absolute Gasteiger partial charge is 0.486 e. The molecule has 0 aliphatic carbocycles. The molecule has 2 atom stereocenters. The van der Waals surface area contributed by atoms with Crippen LogP contribution in [0, 0.1) is 0 Å². The number of carbonyl (C=O) groups is 1. The zero-order chi connectivity index (χ0) is 26.4. The smallest absolute Gasteiger partial charge is 0.287 e. The average molecular weight is 523 g/mol. The van der Waals surface area contributed by atoms with Crippen LogP contribution in [0.1, 0.15) is 57.5 Å². The molecule has 6 heteroatoms. The van der Waals surface area contributed by atoms with Gasteiger partial charge in [-0.2, -0.15) is 0 Å². The Labute approximate surface area is 229 Å². The van der Waals surface area contributed by atoms with Crippen molar-refractivity contribution in [1.29, 1.82) is 0 Å². The summed E-state index contributed by atoms with van der Waals surface area (Å²) in [6.45, 7) is 3.40. The van der Waals surface area contributed by atoms with Gasteiger partial charge in [-0.1, -0.05) is 66.7 Å². The number of nitrogens with one attached hydrogen (secondary N) is 1. The molecule has 0 spiro atoms. The Morgan fingerprint density at radius 2 is 1.79 bits per heavy atom. The molecule has 6 rings (SSSR count). The van der Waals surface area contributed by atoms with E-state index in [1.807, 2.05) is 6.07 Å². The summed E-state index contributed by atoms with van der Waals surface area (Å²) in [5.41, 5.74) is 5.21. The molecule has 0 unspecified atom stereocenters. The molecular weight excluding hydrogens is 488 g/mol. The van der Waals surface area contributed by atoms with Crippen molar-refractivity contribution in [3.63, 3.8) is 0 Å². The van der Waals surface area contributed by atoms with Crippen molar-refractivity contribution in [1.82, 2.24) is 10.2 Å². The maximum Gasteiger partial charge on any atom is 0.287 e. The molecule has 1 fully saturated rings. The van der Waals surface area contributed by atoms with Gasteiger partial charge in [-0.05, 0) is 65.8 Å². The van der Waals surface area contributed by atoms with Gasteiger partial charge in [0.15, 0.2) is 5.76 Å². The SMILES string of the molecule is O=C(NC[C@H]1CCCO1)c1ccc(COc2ccc3c(c2)[C@H](c2ccccc2)N(Cc2ccccc2)CC3)o1. The summed E-state index contributed by atoms with van der Waals surface area (Å²) < 4.78 is 17.5. The number of nitrogens with zero attached hydrogens (tertiary/aromatic N) is 1. The van der Waals surface area contributed by atoms with E-state index in [0.717, 1.165) is 44.7 Å². The van der Waals surface area contributed by atoms with Gasteiger partial charge in [0.1, 0.15) is 18.1 Å². The number of rotatable bonds is 9. The van der Waals surface area contributed by atoms with E-state index >= 15 is 0 Å². The molecule has 4 aromatic rings. The normalized spacial score (nSPS) is 19.0. The quantitative estimate of drug-likeness (QED) is 0.296. The van der Waals surface area contributed by atoms with Gasteiger partial charge < -0.3 is 19.2 Å². The zero-order valence-corrected chi connectivity index (χ0v) is 22.1. The molecule has 0 saturated carbocycles. The van der Waals surface area contributed by atoms with E-state index in [2.05, 4.69) is 83.0 Å². The summed E-state index contributed by atoms with van der Waals surface area (Å²) in [4.78, 5) is 15.0. The minimum atomic E-state index is -0.227.